The van der Waals surface area contributed by atoms with Gasteiger partial charge in [0.25, 0.3) is 0 Å². The van der Waals surface area contributed by atoms with E-state index in [4.69, 9.17) is 5.11 Å². The van der Waals surface area contributed by atoms with Crippen molar-refractivity contribution in [3.63, 3.8) is 0 Å². The molecule has 0 aliphatic rings. The summed E-state index contributed by atoms with van der Waals surface area (Å²) < 4.78 is 0. The third-order valence-electron chi connectivity index (χ3n) is 4.39. The van der Waals surface area contributed by atoms with E-state index in [0.717, 1.165) is 0 Å². The molecule has 0 saturated carbocycles. The van der Waals surface area contributed by atoms with Gasteiger partial charge in [-0.3, -0.25) is 0 Å². The molecule has 0 aliphatic carbocycles. The van der Waals surface area contributed by atoms with Crippen LogP contribution >= 0.6 is 0 Å². The molecular formula is C12H26O8. The first-order valence-electron chi connectivity index (χ1n) is 6.41. The molecule has 0 rings (SSSR count). The molecule has 122 valence electrons. The third-order valence-corrected chi connectivity index (χ3v) is 4.39. The highest BCUT2D eigenvalue weighted by atomic mass is 16.4. The molecule has 8 nitrogen and oxygen atoms in total. The van der Waals surface area contributed by atoms with Crippen LogP contribution in [0.4, 0.5) is 0 Å². The zero-order chi connectivity index (χ0) is 15.9. The van der Waals surface area contributed by atoms with Crippen LogP contribution in [0.2, 0.25) is 0 Å². The maximum Gasteiger partial charge on any atom is 0.121 e. The van der Waals surface area contributed by atoms with Gasteiger partial charge in [-0.25, -0.2) is 0 Å². The van der Waals surface area contributed by atoms with Gasteiger partial charge in [0.05, 0.1) is 45.1 Å². The second-order valence-corrected chi connectivity index (χ2v) is 5.17. The van der Waals surface area contributed by atoms with Crippen LogP contribution in [0.3, 0.4) is 0 Å². The number of hydrogen-bond acceptors (Lipinski definition) is 8. The normalized spacial score (nSPS) is 13.8. The lowest BCUT2D eigenvalue weighted by Crippen LogP contribution is -2.68. The Kier molecular flexibility index (Phi) is 8.07. The van der Waals surface area contributed by atoms with Crippen molar-refractivity contribution in [3.8, 4) is 0 Å². The van der Waals surface area contributed by atoms with Crippen molar-refractivity contribution in [2.24, 2.45) is 10.8 Å². The molecule has 8 heteroatoms. The largest absolute Gasteiger partial charge is 0.396 e. The molecule has 0 amide bonds. The number of rotatable bonds is 11. The number of aliphatic hydroxyl groups is 8. The predicted octanol–water partition coefficient (Wildman–Crippen LogP) is -3.58. The van der Waals surface area contributed by atoms with E-state index in [2.05, 4.69) is 0 Å². The summed E-state index contributed by atoms with van der Waals surface area (Å²) in [6.45, 7) is -5.41. The lowest BCUT2D eigenvalue weighted by atomic mass is 9.55. The average Bonchev–Trinajstić information content (AvgIpc) is 2.51. The summed E-state index contributed by atoms with van der Waals surface area (Å²) in [7, 11) is 0. The Labute approximate surface area is 117 Å². The van der Waals surface area contributed by atoms with Gasteiger partial charge in [-0.1, -0.05) is 0 Å². The molecule has 0 heterocycles. The molecule has 0 atom stereocenters. The summed E-state index contributed by atoms with van der Waals surface area (Å²) in [6.07, 6.45) is 0.107. The lowest BCUT2D eigenvalue weighted by Gasteiger charge is -2.54. The predicted molar refractivity (Wildman–Crippen MR) is 68.7 cm³/mol. The molecule has 8 N–H and O–H groups in total. The van der Waals surface area contributed by atoms with Crippen LogP contribution in [0.25, 0.3) is 0 Å². The Hall–Kier alpha value is -0.320. The first-order chi connectivity index (χ1) is 9.42. The minimum Gasteiger partial charge on any atom is -0.396 e. The van der Waals surface area contributed by atoms with Gasteiger partial charge < -0.3 is 40.9 Å². The maximum atomic E-state index is 10.3. The number of hydrogen-bond donors (Lipinski definition) is 8. The molecule has 0 aliphatic heterocycles. The third kappa shape index (κ3) is 2.97. The van der Waals surface area contributed by atoms with Crippen molar-refractivity contribution < 1.29 is 40.9 Å². The zero-order valence-corrected chi connectivity index (χ0v) is 11.4. The molecule has 0 bridgehead atoms. The standard InChI is InChI=1S/C12H26O8/c13-3-1-2-10(4-14,5-15)11(6-16,7-17)12(20,8-18)9-19/h13-20H,1-9H2. The summed E-state index contributed by atoms with van der Waals surface area (Å²) in [5.41, 5.74) is -5.83. The lowest BCUT2D eigenvalue weighted by molar-refractivity contribution is -0.246. The Morgan fingerprint density at radius 1 is 0.600 bits per heavy atom. The van der Waals surface area contributed by atoms with Crippen LogP contribution in [0.1, 0.15) is 12.8 Å². The average molecular weight is 298 g/mol. The fourth-order valence-corrected chi connectivity index (χ4v) is 2.69. The highest BCUT2D eigenvalue weighted by Crippen LogP contribution is 2.49. The zero-order valence-electron chi connectivity index (χ0n) is 11.4. The molecule has 0 unspecified atom stereocenters. The summed E-state index contributed by atoms with van der Waals surface area (Å²) in [5.74, 6) is 0. The smallest absolute Gasteiger partial charge is 0.121 e. The van der Waals surface area contributed by atoms with Crippen LogP contribution in [0.15, 0.2) is 0 Å². The summed E-state index contributed by atoms with van der Waals surface area (Å²) in [4.78, 5) is 0. The minimum absolute atomic E-state index is 0.0278. The topological polar surface area (TPSA) is 162 Å². The summed E-state index contributed by atoms with van der Waals surface area (Å²) >= 11 is 0. The van der Waals surface area contributed by atoms with Crippen molar-refractivity contribution in [1.82, 2.24) is 0 Å². The monoisotopic (exact) mass is 298 g/mol. The van der Waals surface area contributed by atoms with Gasteiger partial charge in [-0.05, 0) is 12.8 Å². The van der Waals surface area contributed by atoms with Gasteiger partial charge in [-0.15, -0.1) is 0 Å². The van der Waals surface area contributed by atoms with Crippen molar-refractivity contribution in [2.45, 2.75) is 18.4 Å². The Morgan fingerprint density at radius 3 is 1.30 bits per heavy atom. The van der Waals surface area contributed by atoms with Gasteiger partial charge in [0.15, 0.2) is 0 Å². The van der Waals surface area contributed by atoms with Gasteiger partial charge in [0.2, 0.25) is 0 Å². The molecule has 0 fully saturated rings. The molecule has 0 aromatic carbocycles. The van der Waals surface area contributed by atoms with E-state index in [1.165, 1.54) is 0 Å². The van der Waals surface area contributed by atoms with E-state index in [0.29, 0.717) is 0 Å². The van der Waals surface area contributed by atoms with Crippen molar-refractivity contribution >= 4 is 0 Å². The SMILES string of the molecule is OCCCC(CO)(CO)C(CO)(CO)C(O)(CO)CO. The second-order valence-electron chi connectivity index (χ2n) is 5.17. The Bertz CT molecular complexity index is 258. The van der Waals surface area contributed by atoms with Crippen LogP contribution < -0.4 is 0 Å². The number of aliphatic hydroxyl groups excluding tert-OH is 7. The minimum atomic E-state index is -2.31. The van der Waals surface area contributed by atoms with E-state index >= 15 is 0 Å². The van der Waals surface area contributed by atoms with Crippen LogP contribution in [-0.4, -0.2) is 92.7 Å². The molecule has 0 radical (unpaired) electrons. The van der Waals surface area contributed by atoms with Gasteiger partial charge >= 0.3 is 0 Å². The summed E-state index contributed by atoms with van der Waals surface area (Å²) in [6, 6.07) is 0. The summed E-state index contributed by atoms with van der Waals surface area (Å²) in [5, 5.41) is 76.4. The van der Waals surface area contributed by atoms with E-state index in [1.54, 1.807) is 0 Å². The molecule has 20 heavy (non-hydrogen) atoms. The van der Waals surface area contributed by atoms with Gasteiger partial charge in [0, 0.05) is 12.0 Å². The van der Waals surface area contributed by atoms with Crippen LogP contribution in [0.5, 0.6) is 0 Å². The quantitative estimate of drug-likeness (QED) is 0.194. The highest BCUT2D eigenvalue weighted by molar-refractivity contribution is 5.09. The molecule has 0 aromatic rings. The molecule has 0 saturated heterocycles. The highest BCUT2D eigenvalue weighted by Gasteiger charge is 2.61. The van der Waals surface area contributed by atoms with Gasteiger partial charge in [-0.2, -0.15) is 0 Å². The van der Waals surface area contributed by atoms with Crippen molar-refractivity contribution in [1.29, 1.82) is 0 Å². The van der Waals surface area contributed by atoms with Crippen molar-refractivity contribution in [3.05, 3.63) is 0 Å². The fraction of sp³-hybridized carbons (Fsp3) is 1.00. The fourth-order valence-electron chi connectivity index (χ4n) is 2.69. The van der Waals surface area contributed by atoms with E-state index in [-0.39, 0.29) is 19.4 Å². The first-order valence-corrected chi connectivity index (χ1v) is 6.41. The molecule has 0 aromatic heterocycles. The van der Waals surface area contributed by atoms with Crippen LogP contribution in [0, 0.1) is 10.8 Å². The molecule has 0 spiro atoms. The second kappa shape index (κ2) is 8.20. The Morgan fingerprint density at radius 2 is 1.05 bits per heavy atom. The van der Waals surface area contributed by atoms with E-state index in [1.807, 2.05) is 0 Å². The van der Waals surface area contributed by atoms with Crippen molar-refractivity contribution in [2.75, 3.05) is 46.2 Å². The van der Waals surface area contributed by atoms with E-state index in [9.17, 15) is 35.7 Å². The first kappa shape index (κ1) is 19.7. The van der Waals surface area contributed by atoms with Gasteiger partial charge in [0.1, 0.15) is 5.60 Å². The maximum absolute atomic E-state index is 10.3. The Balaban J connectivity index is 5.91. The molecular weight excluding hydrogens is 272 g/mol. The van der Waals surface area contributed by atoms with Crippen LogP contribution in [-0.2, 0) is 0 Å². The van der Waals surface area contributed by atoms with E-state index < -0.39 is 56.1 Å².